The quantitative estimate of drug-likeness (QED) is 0.403. The monoisotopic (exact) mass is 449 g/mol. The average Bonchev–Trinajstić information content (AvgIpc) is 2.71. The number of thioether (sulfide) groups is 1. The molecule has 0 aliphatic carbocycles. The van der Waals surface area contributed by atoms with Crippen LogP contribution in [0.25, 0.3) is 10.9 Å². The van der Waals surface area contributed by atoms with E-state index in [0.29, 0.717) is 32.6 Å². The van der Waals surface area contributed by atoms with Gasteiger partial charge in [0, 0.05) is 6.54 Å². The molecule has 1 unspecified atom stereocenters. The average molecular weight is 450 g/mol. The molecule has 3 rings (SSSR count). The van der Waals surface area contributed by atoms with E-state index in [4.69, 9.17) is 23.2 Å². The third-order valence-corrected chi connectivity index (χ3v) is 6.14. The Labute approximate surface area is 183 Å². The number of aromatic nitrogens is 2. The molecule has 152 valence electrons. The molecule has 3 aromatic rings. The first-order valence-corrected chi connectivity index (χ1v) is 11.0. The van der Waals surface area contributed by atoms with Crippen molar-refractivity contribution in [2.45, 2.75) is 38.0 Å². The Kier molecular flexibility index (Phi) is 7.22. The molecule has 0 radical (unpaired) electrons. The second kappa shape index (κ2) is 9.65. The highest BCUT2D eigenvalue weighted by Crippen LogP contribution is 2.26. The van der Waals surface area contributed by atoms with Crippen molar-refractivity contribution in [3.8, 4) is 0 Å². The summed E-state index contributed by atoms with van der Waals surface area (Å²) in [7, 11) is 0. The van der Waals surface area contributed by atoms with Crippen LogP contribution in [0.15, 0.2) is 52.4 Å². The number of fused-ring (bicyclic) bond motifs is 1. The Balaban J connectivity index is 1.74. The van der Waals surface area contributed by atoms with Gasteiger partial charge in [0.1, 0.15) is 0 Å². The maximum absolute atomic E-state index is 12.8. The first-order chi connectivity index (χ1) is 13.9. The maximum Gasteiger partial charge on any atom is 0.262 e. The zero-order chi connectivity index (χ0) is 21.0. The molecule has 1 N–H and O–H groups in total. The predicted octanol–water partition coefficient (Wildman–Crippen LogP) is 5.08. The van der Waals surface area contributed by atoms with Gasteiger partial charge in [0.2, 0.25) is 5.91 Å². The van der Waals surface area contributed by atoms with Crippen LogP contribution in [0.3, 0.4) is 0 Å². The van der Waals surface area contributed by atoms with E-state index < -0.39 is 0 Å². The number of nitrogens with zero attached hydrogens (tertiary/aromatic N) is 2. The van der Waals surface area contributed by atoms with Crippen molar-refractivity contribution in [1.82, 2.24) is 14.9 Å². The fourth-order valence-corrected chi connectivity index (χ4v) is 4.10. The number of rotatable bonds is 7. The molecule has 1 amide bonds. The van der Waals surface area contributed by atoms with Crippen LogP contribution >= 0.6 is 35.0 Å². The number of para-hydroxylation sites is 1. The summed E-state index contributed by atoms with van der Waals surface area (Å²) < 4.78 is 1.64. The fourth-order valence-electron chi connectivity index (χ4n) is 2.96. The van der Waals surface area contributed by atoms with Crippen molar-refractivity contribution >= 4 is 51.8 Å². The van der Waals surface area contributed by atoms with Gasteiger partial charge in [-0.1, -0.05) is 60.1 Å². The second-order valence-corrected chi connectivity index (χ2v) is 8.38. The van der Waals surface area contributed by atoms with Gasteiger partial charge < -0.3 is 5.32 Å². The largest absolute Gasteiger partial charge is 0.349 e. The lowest BCUT2D eigenvalue weighted by atomic mass is 10.1. The van der Waals surface area contributed by atoms with E-state index in [1.807, 2.05) is 38.1 Å². The molecular formula is C21H21Cl2N3O2S. The molecule has 0 fully saturated rings. The van der Waals surface area contributed by atoms with Gasteiger partial charge >= 0.3 is 0 Å². The summed E-state index contributed by atoms with van der Waals surface area (Å²) in [6.07, 6.45) is 0.800. The number of nitrogens with one attached hydrogen (secondary N) is 1. The minimum atomic E-state index is -0.222. The Bertz CT molecular complexity index is 1100. The maximum atomic E-state index is 12.8. The highest BCUT2D eigenvalue weighted by atomic mass is 35.5. The number of amides is 1. The first-order valence-electron chi connectivity index (χ1n) is 9.27. The van der Waals surface area contributed by atoms with Crippen LogP contribution < -0.4 is 10.9 Å². The molecule has 1 atom stereocenters. The number of hydrogen-bond donors (Lipinski definition) is 1. The van der Waals surface area contributed by atoms with Gasteiger partial charge in [-0.3, -0.25) is 14.2 Å². The molecule has 0 saturated heterocycles. The van der Waals surface area contributed by atoms with E-state index in [1.165, 1.54) is 11.8 Å². The van der Waals surface area contributed by atoms with E-state index in [-0.39, 0.29) is 23.3 Å². The van der Waals surface area contributed by atoms with Gasteiger partial charge in [-0.05, 0) is 43.2 Å². The molecule has 5 nitrogen and oxygen atoms in total. The SMILES string of the molecule is CCCn1c(SCC(=O)NC(C)c2ccc(Cl)c(Cl)c2)nc2ccccc2c1=O. The van der Waals surface area contributed by atoms with Gasteiger partial charge in [0.25, 0.3) is 5.56 Å². The lowest BCUT2D eigenvalue weighted by Crippen LogP contribution is -2.29. The fraction of sp³-hybridized carbons (Fsp3) is 0.286. The van der Waals surface area contributed by atoms with Crippen LogP contribution in [0.4, 0.5) is 0 Å². The van der Waals surface area contributed by atoms with Crippen LogP contribution in [0.5, 0.6) is 0 Å². The molecular weight excluding hydrogens is 429 g/mol. The van der Waals surface area contributed by atoms with Gasteiger partial charge in [-0.25, -0.2) is 4.98 Å². The topological polar surface area (TPSA) is 64.0 Å². The molecule has 2 aromatic carbocycles. The predicted molar refractivity (Wildman–Crippen MR) is 120 cm³/mol. The summed E-state index contributed by atoms with van der Waals surface area (Å²) in [4.78, 5) is 29.9. The van der Waals surface area contributed by atoms with Crippen LogP contribution in [0.2, 0.25) is 10.0 Å². The molecule has 0 aliphatic rings. The van der Waals surface area contributed by atoms with Crippen LogP contribution in [-0.4, -0.2) is 21.2 Å². The third-order valence-electron chi connectivity index (χ3n) is 4.43. The number of hydrogen-bond acceptors (Lipinski definition) is 4. The summed E-state index contributed by atoms with van der Waals surface area (Å²) in [6, 6.07) is 12.3. The highest BCUT2D eigenvalue weighted by Gasteiger charge is 2.15. The van der Waals surface area contributed by atoms with Gasteiger partial charge in [-0.2, -0.15) is 0 Å². The minimum Gasteiger partial charge on any atom is -0.349 e. The summed E-state index contributed by atoms with van der Waals surface area (Å²) in [6.45, 7) is 4.44. The molecule has 8 heteroatoms. The summed E-state index contributed by atoms with van der Waals surface area (Å²) in [5.74, 6) is -0.000744. The van der Waals surface area contributed by atoms with E-state index in [1.54, 1.807) is 22.8 Å². The van der Waals surface area contributed by atoms with Crippen molar-refractivity contribution in [1.29, 1.82) is 0 Å². The highest BCUT2D eigenvalue weighted by molar-refractivity contribution is 7.99. The van der Waals surface area contributed by atoms with Crippen molar-refractivity contribution in [3.63, 3.8) is 0 Å². The van der Waals surface area contributed by atoms with Crippen LogP contribution in [0, 0.1) is 0 Å². The van der Waals surface area contributed by atoms with E-state index >= 15 is 0 Å². The summed E-state index contributed by atoms with van der Waals surface area (Å²) in [5.41, 5.74) is 1.42. The van der Waals surface area contributed by atoms with E-state index in [0.717, 1.165) is 12.0 Å². The normalized spacial score (nSPS) is 12.1. The molecule has 1 heterocycles. The zero-order valence-electron chi connectivity index (χ0n) is 16.1. The Morgan fingerprint density at radius 2 is 1.97 bits per heavy atom. The third kappa shape index (κ3) is 5.13. The lowest BCUT2D eigenvalue weighted by Gasteiger charge is -2.16. The lowest BCUT2D eigenvalue weighted by molar-refractivity contribution is -0.119. The summed E-state index contributed by atoms with van der Waals surface area (Å²) in [5, 5.41) is 5.00. The molecule has 0 saturated carbocycles. The number of benzene rings is 2. The number of carbonyl (C=O) groups is 1. The Morgan fingerprint density at radius 3 is 2.69 bits per heavy atom. The zero-order valence-corrected chi connectivity index (χ0v) is 18.4. The second-order valence-electron chi connectivity index (χ2n) is 6.62. The number of carbonyl (C=O) groups excluding carboxylic acids is 1. The van der Waals surface area contributed by atoms with Crippen molar-refractivity contribution in [2.75, 3.05) is 5.75 Å². The van der Waals surface area contributed by atoms with E-state index in [2.05, 4.69) is 10.3 Å². The molecule has 29 heavy (non-hydrogen) atoms. The summed E-state index contributed by atoms with van der Waals surface area (Å²) >= 11 is 13.3. The number of halogens is 2. The van der Waals surface area contributed by atoms with Crippen LogP contribution in [0.1, 0.15) is 31.9 Å². The van der Waals surface area contributed by atoms with Crippen molar-refractivity contribution in [3.05, 3.63) is 68.4 Å². The Hall–Kier alpha value is -2.02. The van der Waals surface area contributed by atoms with Gasteiger partial charge in [0.05, 0.1) is 32.7 Å². The van der Waals surface area contributed by atoms with Crippen LogP contribution in [-0.2, 0) is 11.3 Å². The van der Waals surface area contributed by atoms with Gasteiger partial charge in [0.15, 0.2) is 5.16 Å². The Morgan fingerprint density at radius 1 is 1.21 bits per heavy atom. The molecule has 0 spiro atoms. The van der Waals surface area contributed by atoms with Crippen molar-refractivity contribution < 1.29 is 4.79 Å². The van der Waals surface area contributed by atoms with Crippen molar-refractivity contribution in [2.24, 2.45) is 0 Å². The smallest absolute Gasteiger partial charge is 0.262 e. The standard InChI is InChI=1S/C21H21Cl2N3O2S/c1-3-10-26-20(28)15-6-4-5-7-18(15)25-21(26)29-12-19(27)24-13(2)14-8-9-16(22)17(23)11-14/h4-9,11,13H,3,10,12H2,1-2H3,(H,24,27). The molecule has 1 aromatic heterocycles. The molecule has 0 aliphatic heterocycles. The van der Waals surface area contributed by atoms with E-state index in [9.17, 15) is 9.59 Å². The minimum absolute atomic E-state index is 0.0791. The first kappa shape index (κ1) is 21.7. The molecule has 0 bridgehead atoms. The van der Waals surface area contributed by atoms with Gasteiger partial charge in [-0.15, -0.1) is 0 Å².